The Morgan fingerprint density at radius 1 is 0.521 bits per heavy atom. The molecule has 0 atom stereocenters. The molecule has 7 aromatic carbocycles. The van der Waals surface area contributed by atoms with Crippen molar-refractivity contribution in [1.29, 1.82) is 0 Å². The fourth-order valence-electron chi connectivity index (χ4n) is 7.66. The molecule has 0 aliphatic heterocycles. The first-order chi connectivity index (χ1) is 23.7. The molecule has 0 bridgehead atoms. The quantitative estimate of drug-likeness (QED) is 0.184. The van der Waals surface area contributed by atoms with E-state index in [0.29, 0.717) is 10.8 Å². The topological polar surface area (TPSA) is 30.7 Å². The Bertz CT molecular complexity index is 3130. The van der Waals surface area contributed by atoms with Gasteiger partial charge in [0.15, 0.2) is 5.15 Å². The van der Waals surface area contributed by atoms with Gasteiger partial charge in [0.25, 0.3) is 0 Å². The van der Waals surface area contributed by atoms with Crippen molar-refractivity contribution >= 4 is 118 Å². The number of thiophene rings is 2. The minimum Gasteiger partial charge on any atom is -0.308 e. The van der Waals surface area contributed by atoms with Crippen molar-refractivity contribution in [2.24, 2.45) is 0 Å². The molecule has 0 saturated heterocycles. The van der Waals surface area contributed by atoms with Crippen LogP contribution in [0, 0.1) is 0 Å². The average Bonchev–Trinajstić information content (AvgIpc) is 3.81. The second kappa shape index (κ2) is 9.85. The van der Waals surface area contributed by atoms with Crippen molar-refractivity contribution in [3.8, 4) is 16.9 Å². The van der Waals surface area contributed by atoms with Gasteiger partial charge < -0.3 is 4.57 Å². The van der Waals surface area contributed by atoms with Crippen LogP contribution in [0.2, 0.25) is 5.15 Å². The van der Waals surface area contributed by atoms with Crippen LogP contribution in [-0.4, -0.2) is 14.5 Å². The van der Waals surface area contributed by atoms with E-state index in [-0.39, 0.29) is 0 Å². The molecule has 0 fully saturated rings. The van der Waals surface area contributed by atoms with Crippen LogP contribution in [-0.2, 0) is 0 Å². The summed E-state index contributed by atoms with van der Waals surface area (Å²) in [7, 11) is 0. The first-order valence-electron chi connectivity index (χ1n) is 15.9. The van der Waals surface area contributed by atoms with Crippen LogP contribution in [0.3, 0.4) is 0 Å². The lowest BCUT2D eigenvalue weighted by Crippen LogP contribution is -1.95. The Balaban J connectivity index is 1.22. The zero-order valence-electron chi connectivity index (χ0n) is 25.2. The Hall–Kier alpha value is -5.33. The summed E-state index contributed by atoms with van der Waals surface area (Å²) in [6.45, 7) is 0. The van der Waals surface area contributed by atoms with Crippen LogP contribution in [0.25, 0.3) is 101 Å². The molecule has 0 spiro atoms. The van der Waals surface area contributed by atoms with Crippen molar-refractivity contribution < 1.29 is 0 Å². The molecule has 4 heterocycles. The Kier molecular flexibility index (Phi) is 5.48. The molecule has 48 heavy (non-hydrogen) atoms. The van der Waals surface area contributed by atoms with Crippen molar-refractivity contribution in [3.63, 3.8) is 0 Å². The summed E-state index contributed by atoms with van der Waals surface area (Å²) in [5.41, 5.74) is 6.06. The molecular formula is C42H22ClN3S2. The third-order valence-corrected chi connectivity index (χ3v) is 12.2. The fraction of sp³-hybridized carbons (Fsp3) is 0. The van der Waals surface area contributed by atoms with Gasteiger partial charge in [-0.3, -0.25) is 0 Å². The maximum atomic E-state index is 6.79. The van der Waals surface area contributed by atoms with Gasteiger partial charge in [0.1, 0.15) is 16.0 Å². The molecule has 0 saturated carbocycles. The number of para-hydroxylation sites is 1. The zero-order chi connectivity index (χ0) is 31.5. The molecule has 224 valence electrons. The third kappa shape index (κ3) is 3.58. The SMILES string of the molecule is Clc1nc2sc3ccccc3c2nc1-c1ccc(-n2c3ccccc3c3c4ccccc4c4c(sc5ccc6ccccc6c54)c32)cc1. The van der Waals surface area contributed by atoms with Crippen LogP contribution in [0.15, 0.2) is 133 Å². The normalized spacial score (nSPS) is 12.3. The number of rotatable bonds is 2. The second-order valence-electron chi connectivity index (χ2n) is 12.2. The highest BCUT2D eigenvalue weighted by Gasteiger charge is 2.23. The molecule has 0 unspecified atom stereocenters. The lowest BCUT2D eigenvalue weighted by Gasteiger charge is -2.11. The minimum absolute atomic E-state index is 0.421. The summed E-state index contributed by atoms with van der Waals surface area (Å²) < 4.78 is 6.22. The van der Waals surface area contributed by atoms with Gasteiger partial charge in [0.05, 0.1) is 15.7 Å². The van der Waals surface area contributed by atoms with E-state index in [4.69, 9.17) is 21.6 Å². The standard InChI is InChI=1S/C42H22ClN3S2/c43-41-37(44-38-30-14-6-8-16-32(30)48-42(38)45-41)24-17-20-25(21-18-24)46-31-15-7-5-13-29(31)34-27-11-3-4-12-28(27)36-35-26-10-2-1-9-23(26)19-22-33(35)47-40(36)39(34)46/h1-22H. The monoisotopic (exact) mass is 667 g/mol. The van der Waals surface area contributed by atoms with Crippen LogP contribution in [0.4, 0.5) is 0 Å². The van der Waals surface area contributed by atoms with E-state index in [0.717, 1.165) is 31.7 Å². The highest BCUT2D eigenvalue weighted by Crippen LogP contribution is 2.49. The van der Waals surface area contributed by atoms with E-state index in [1.807, 2.05) is 23.5 Å². The second-order valence-corrected chi connectivity index (χ2v) is 14.7. The fourth-order valence-corrected chi connectivity index (χ4v) is 10.2. The van der Waals surface area contributed by atoms with Crippen molar-refractivity contribution in [1.82, 2.24) is 14.5 Å². The molecular weight excluding hydrogens is 646 g/mol. The molecule has 6 heteroatoms. The van der Waals surface area contributed by atoms with Crippen LogP contribution >= 0.6 is 34.3 Å². The lowest BCUT2D eigenvalue weighted by molar-refractivity contribution is 1.19. The molecule has 0 radical (unpaired) electrons. The van der Waals surface area contributed by atoms with Gasteiger partial charge in [-0.1, -0.05) is 115 Å². The number of aromatic nitrogens is 3. The van der Waals surface area contributed by atoms with Gasteiger partial charge in [-0.15, -0.1) is 22.7 Å². The number of hydrogen-bond donors (Lipinski definition) is 0. The molecule has 3 nitrogen and oxygen atoms in total. The Morgan fingerprint density at radius 3 is 2.04 bits per heavy atom. The summed E-state index contributed by atoms with van der Waals surface area (Å²) in [6, 6.07) is 48.0. The maximum absolute atomic E-state index is 6.79. The van der Waals surface area contributed by atoms with E-state index in [1.54, 1.807) is 11.3 Å². The maximum Gasteiger partial charge on any atom is 0.157 e. The highest BCUT2D eigenvalue weighted by atomic mass is 35.5. The first kappa shape index (κ1) is 26.7. The molecule has 0 aliphatic carbocycles. The predicted octanol–water partition coefficient (Wildman–Crippen LogP) is 12.9. The van der Waals surface area contributed by atoms with Crippen molar-refractivity contribution in [3.05, 3.63) is 139 Å². The van der Waals surface area contributed by atoms with Crippen molar-refractivity contribution in [2.75, 3.05) is 0 Å². The van der Waals surface area contributed by atoms with Gasteiger partial charge in [-0.2, -0.15) is 0 Å². The molecule has 0 amide bonds. The minimum atomic E-state index is 0.421. The number of nitrogens with zero attached hydrogens (tertiary/aromatic N) is 3. The Labute approximate surface area is 286 Å². The predicted molar refractivity (Wildman–Crippen MR) is 208 cm³/mol. The van der Waals surface area contributed by atoms with Gasteiger partial charge in [0, 0.05) is 47.6 Å². The summed E-state index contributed by atoms with van der Waals surface area (Å²) in [5, 5.41) is 11.9. The van der Waals surface area contributed by atoms with Crippen LogP contribution < -0.4 is 0 Å². The zero-order valence-corrected chi connectivity index (χ0v) is 27.6. The van der Waals surface area contributed by atoms with E-state index in [9.17, 15) is 0 Å². The summed E-state index contributed by atoms with van der Waals surface area (Å²) in [4.78, 5) is 10.7. The van der Waals surface area contributed by atoms with Crippen LogP contribution in [0.1, 0.15) is 0 Å². The smallest absolute Gasteiger partial charge is 0.157 e. The molecule has 4 aromatic heterocycles. The molecule has 11 aromatic rings. The van der Waals surface area contributed by atoms with Crippen LogP contribution in [0.5, 0.6) is 0 Å². The number of hydrogen-bond acceptors (Lipinski definition) is 4. The van der Waals surface area contributed by atoms with E-state index in [1.165, 1.54) is 63.5 Å². The van der Waals surface area contributed by atoms with Crippen molar-refractivity contribution in [2.45, 2.75) is 0 Å². The first-order valence-corrected chi connectivity index (χ1v) is 17.9. The number of benzene rings is 7. The van der Waals surface area contributed by atoms with Gasteiger partial charge in [0.2, 0.25) is 0 Å². The van der Waals surface area contributed by atoms with Gasteiger partial charge >= 0.3 is 0 Å². The highest BCUT2D eigenvalue weighted by molar-refractivity contribution is 7.27. The Morgan fingerprint density at radius 2 is 1.21 bits per heavy atom. The van der Waals surface area contributed by atoms with E-state index in [2.05, 4.69) is 126 Å². The van der Waals surface area contributed by atoms with Gasteiger partial charge in [-0.05, 0) is 51.9 Å². The molecule has 0 aliphatic rings. The number of fused-ring (bicyclic) bond motifs is 15. The largest absolute Gasteiger partial charge is 0.308 e. The number of halogens is 1. The van der Waals surface area contributed by atoms with E-state index >= 15 is 0 Å². The molecule has 0 N–H and O–H groups in total. The molecule has 11 rings (SSSR count). The van der Waals surface area contributed by atoms with Gasteiger partial charge in [-0.25, -0.2) is 9.97 Å². The summed E-state index contributed by atoms with van der Waals surface area (Å²) >= 11 is 10.3. The third-order valence-electron chi connectivity index (χ3n) is 9.70. The van der Waals surface area contributed by atoms with E-state index < -0.39 is 0 Å². The summed E-state index contributed by atoms with van der Waals surface area (Å²) in [5.74, 6) is 0. The lowest BCUT2D eigenvalue weighted by atomic mass is 9.96. The average molecular weight is 668 g/mol. The summed E-state index contributed by atoms with van der Waals surface area (Å²) in [6.07, 6.45) is 0.